The number of nitrogens with one attached hydrogen (secondary N) is 1. The number of alkyl carbamates (subject to hydrolysis) is 1. The summed E-state index contributed by atoms with van der Waals surface area (Å²) in [6.45, 7) is 4.48. The molecule has 2 aliphatic carbocycles. The van der Waals surface area contributed by atoms with E-state index < -0.39 is 17.5 Å². The van der Waals surface area contributed by atoms with E-state index in [1.54, 1.807) is 0 Å². The molecular formula is C24H27NO4. The van der Waals surface area contributed by atoms with E-state index in [4.69, 9.17) is 4.74 Å². The second-order valence-corrected chi connectivity index (χ2v) is 9.11. The Balaban J connectivity index is 1.41. The molecule has 1 amide bonds. The number of carbonyl (C=O) groups excluding carboxylic acids is 1. The van der Waals surface area contributed by atoms with Gasteiger partial charge in [0.25, 0.3) is 0 Å². The van der Waals surface area contributed by atoms with Crippen LogP contribution in [0.1, 0.15) is 50.2 Å². The standard InChI is InChI=1S/C24H27NO4/c1-23(2)11-12-24(14-23,21(26)27)15-25-22(28)29-13-20-18-9-5-3-7-16(18)17-8-4-6-10-19(17)20/h3-10,20H,11-15H2,1-2H3,(H,25,28)(H,26,27). The van der Waals surface area contributed by atoms with Crippen LogP contribution in [0, 0.1) is 10.8 Å². The SMILES string of the molecule is CC1(C)CCC(CNC(=O)OCC2c3ccccc3-c3ccccc32)(C(=O)O)C1. The van der Waals surface area contributed by atoms with E-state index in [9.17, 15) is 14.7 Å². The van der Waals surface area contributed by atoms with Gasteiger partial charge >= 0.3 is 12.1 Å². The zero-order valence-corrected chi connectivity index (χ0v) is 16.9. The van der Waals surface area contributed by atoms with Crippen LogP contribution in [-0.2, 0) is 9.53 Å². The van der Waals surface area contributed by atoms with Crippen molar-refractivity contribution in [3.05, 3.63) is 59.7 Å². The van der Waals surface area contributed by atoms with E-state index in [0.29, 0.717) is 12.8 Å². The lowest BCUT2D eigenvalue weighted by molar-refractivity contribution is -0.148. The van der Waals surface area contributed by atoms with E-state index in [2.05, 4.69) is 43.4 Å². The largest absolute Gasteiger partial charge is 0.481 e. The first-order chi connectivity index (χ1) is 13.8. The number of benzene rings is 2. The van der Waals surface area contributed by atoms with Crippen LogP contribution >= 0.6 is 0 Å². The molecule has 1 saturated carbocycles. The Labute approximate surface area is 171 Å². The van der Waals surface area contributed by atoms with Gasteiger partial charge in [0, 0.05) is 12.5 Å². The van der Waals surface area contributed by atoms with Crippen molar-refractivity contribution in [1.29, 1.82) is 0 Å². The molecule has 0 bridgehead atoms. The maximum Gasteiger partial charge on any atom is 0.407 e. The average molecular weight is 393 g/mol. The minimum Gasteiger partial charge on any atom is -0.481 e. The van der Waals surface area contributed by atoms with Crippen LogP contribution < -0.4 is 5.32 Å². The maximum absolute atomic E-state index is 12.4. The zero-order chi connectivity index (χ0) is 20.6. The molecule has 5 nitrogen and oxygen atoms in total. The number of hydrogen-bond donors (Lipinski definition) is 2. The number of aliphatic carboxylic acids is 1. The molecular weight excluding hydrogens is 366 g/mol. The van der Waals surface area contributed by atoms with Gasteiger partial charge in [0.2, 0.25) is 0 Å². The van der Waals surface area contributed by atoms with Gasteiger partial charge < -0.3 is 15.2 Å². The number of carboxylic acid groups (broad SMARTS) is 1. The number of hydrogen-bond acceptors (Lipinski definition) is 3. The quantitative estimate of drug-likeness (QED) is 0.765. The van der Waals surface area contributed by atoms with Crippen molar-refractivity contribution >= 4 is 12.1 Å². The summed E-state index contributed by atoms with van der Waals surface area (Å²) in [7, 11) is 0. The van der Waals surface area contributed by atoms with Gasteiger partial charge in [-0.2, -0.15) is 0 Å². The highest BCUT2D eigenvalue weighted by Crippen LogP contribution is 2.49. The van der Waals surface area contributed by atoms with Crippen LogP contribution in [0.2, 0.25) is 0 Å². The third kappa shape index (κ3) is 3.61. The molecule has 2 aliphatic rings. The third-order valence-corrected chi connectivity index (χ3v) is 6.47. The summed E-state index contributed by atoms with van der Waals surface area (Å²) in [5.41, 5.74) is 3.73. The highest BCUT2D eigenvalue weighted by Gasteiger charge is 2.49. The Morgan fingerprint density at radius 3 is 2.14 bits per heavy atom. The highest BCUT2D eigenvalue weighted by atomic mass is 16.5. The van der Waals surface area contributed by atoms with E-state index >= 15 is 0 Å². The summed E-state index contributed by atoms with van der Waals surface area (Å²) in [4.78, 5) is 24.3. The van der Waals surface area contributed by atoms with Crippen molar-refractivity contribution in [1.82, 2.24) is 5.32 Å². The van der Waals surface area contributed by atoms with Crippen molar-refractivity contribution in [3.8, 4) is 11.1 Å². The minimum absolute atomic E-state index is 0.00741. The van der Waals surface area contributed by atoms with Gasteiger partial charge in [-0.05, 0) is 46.9 Å². The molecule has 2 N–H and O–H groups in total. The molecule has 4 rings (SSSR count). The van der Waals surface area contributed by atoms with Crippen molar-refractivity contribution in [2.24, 2.45) is 10.8 Å². The Hall–Kier alpha value is -2.82. The highest BCUT2D eigenvalue weighted by molar-refractivity contribution is 5.79. The van der Waals surface area contributed by atoms with Crippen LogP contribution in [-0.4, -0.2) is 30.3 Å². The summed E-state index contributed by atoms with van der Waals surface area (Å²) in [6, 6.07) is 16.3. The van der Waals surface area contributed by atoms with Gasteiger partial charge in [-0.25, -0.2) is 4.79 Å². The van der Waals surface area contributed by atoms with Crippen LogP contribution in [0.15, 0.2) is 48.5 Å². The monoisotopic (exact) mass is 393 g/mol. The molecule has 0 spiro atoms. The Morgan fingerprint density at radius 1 is 1.03 bits per heavy atom. The first kappa shape index (κ1) is 19.5. The smallest absolute Gasteiger partial charge is 0.407 e. The summed E-state index contributed by atoms with van der Waals surface area (Å²) >= 11 is 0. The van der Waals surface area contributed by atoms with Crippen molar-refractivity contribution < 1.29 is 19.4 Å². The average Bonchev–Trinajstić information content (AvgIpc) is 3.20. The molecule has 5 heteroatoms. The van der Waals surface area contributed by atoms with Gasteiger partial charge in [0.15, 0.2) is 0 Å². The maximum atomic E-state index is 12.4. The number of amides is 1. The van der Waals surface area contributed by atoms with Crippen molar-refractivity contribution in [3.63, 3.8) is 0 Å². The summed E-state index contributed by atoms with van der Waals surface area (Å²) in [5.74, 6) is -0.853. The van der Waals surface area contributed by atoms with E-state index in [1.807, 2.05) is 24.3 Å². The third-order valence-electron chi connectivity index (χ3n) is 6.47. The van der Waals surface area contributed by atoms with E-state index in [1.165, 1.54) is 11.1 Å². The zero-order valence-electron chi connectivity index (χ0n) is 16.9. The second kappa shape index (κ2) is 7.21. The summed E-state index contributed by atoms with van der Waals surface area (Å²) in [6.07, 6.45) is 1.40. The predicted molar refractivity (Wildman–Crippen MR) is 111 cm³/mol. The fourth-order valence-electron chi connectivity index (χ4n) is 4.97. The number of ether oxygens (including phenoxy) is 1. The molecule has 0 radical (unpaired) electrons. The summed E-state index contributed by atoms with van der Waals surface area (Å²) in [5, 5.41) is 12.5. The van der Waals surface area contributed by atoms with Gasteiger partial charge in [0.1, 0.15) is 6.61 Å². The van der Waals surface area contributed by atoms with Crippen molar-refractivity contribution in [2.45, 2.75) is 39.0 Å². The normalized spacial score (nSPS) is 22.0. The van der Waals surface area contributed by atoms with Crippen LogP contribution in [0.25, 0.3) is 11.1 Å². The molecule has 152 valence electrons. The first-order valence-electron chi connectivity index (χ1n) is 10.1. The molecule has 0 aliphatic heterocycles. The Bertz CT molecular complexity index is 906. The molecule has 2 aromatic rings. The van der Waals surface area contributed by atoms with Gasteiger partial charge in [-0.1, -0.05) is 62.4 Å². The molecule has 0 saturated heterocycles. The molecule has 1 fully saturated rings. The van der Waals surface area contributed by atoms with Crippen LogP contribution in [0.4, 0.5) is 4.79 Å². The molecule has 0 heterocycles. The lowest BCUT2D eigenvalue weighted by Crippen LogP contribution is -2.42. The molecule has 0 aromatic heterocycles. The number of rotatable bonds is 5. The fraction of sp³-hybridized carbons (Fsp3) is 0.417. The summed E-state index contributed by atoms with van der Waals surface area (Å²) < 4.78 is 5.53. The number of fused-ring (bicyclic) bond motifs is 3. The lowest BCUT2D eigenvalue weighted by atomic mass is 9.81. The van der Waals surface area contributed by atoms with E-state index in [-0.39, 0.29) is 24.5 Å². The van der Waals surface area contributed by atoms with Crippen molar-refractivity contribution in [2.75, 3.05) is 13.2 Å². The van der Waals surface area contributed by atoms with Gasteiger partial charge in [0.05, 0.1) is 5.41 Å². The Morgan fingerprint density at radius 2 is 1.62 bits per heavy atom. The van der Waals surface area contributed by atoms with Gasteiger partial charge in [-0.15, -0.1) is 0 Å². The molecule has 1 atom stereocenters. The first-order valence-corrected chi connectivity index (χ1v) is 10.1. The van der Waals surface area contributed by atoms with Gasteiger partial charge in [-0.3, -0.25) is 4.79 Å². The topological polar surface area (TPSA) is 75.6 Å². The fourth-order valence-corrected chi connectivity index (χ4v) is 4.97. The Kier molecular flexibility index (Phi) is 4.85. The minimum atomic E-state index is -0.908. The second-order valence-electron chi connectivity index (χ2n) is 9.11. The lowest BCUT2D eigenvalue weighted by Gasteiger charge is -2.26. The molecule has 2 aromatic carbocycles. The van der Waals surface area contributed by atoms with E-state index in [0.717, 1.165) is 17.5 Å². The molecule has 1 unspecified atom stereocenters. The van der Waals surface area contributed by atoms with Crippen LogP contribution in [0.3, 0.4) is 0 Å². The number of carbonyl (C=O) groups is 2. The predicted octanol–water partition coefficient (Wildman–Crippen LogP) is 4.81. The molecule has 29 heavy (non-hydrogen) atoms. The van der Waals surface area contributed by atoms with Crippen LogP contribution in [0.5, 0.6) is 0 Å². The number of carboxylic acids is 1.